The highest BCUT2D eigenvalue weighted by molar-refractivity contribution is 5.81. The summed E-state index contributed by atoms with van der Waals surface area (Å²) in [5, 5.41) is 3.60. The molecule has 2 aliphatic rings. The van der Waals surface area contributed by atoms with Gasteiger partial charge in [0, 0.05) is 19.1 Å². The van der Waals surface area contributed by atoms with Gasteiger partial charge in [0.05, 0.1) is 6.04 Å². The average molecular weight is 294 g/mol. The number of nitrogens with one attached hydrogen (secondary N) is 1. The van der Waals surface area contributed by atoms with E-state index in [1.807, 2.05) is 0 Å². The topological polar surface area (TPSA) is 32.3 Å². The summed E-state index contributed by atoms with van der Waals surface area (Å²) in [6.45, 7) is 6.26. The zero-order valence-corrected chi connectivity index (χ0v) is 14.1. The number of carbonyl (C=O) groups excluding carboxylic acids is 1. The summed E-state index contributed by atoms with van der Waals surface area (Å²) in [6.07, 6.45) is 13.1. The molecule has 1 aliphatic carbocycles. The van der Waals surface area contributed by atoms with Crippen LogP contribution in [0.25, 0.3) is 0 Å². The molecule has 1 aliphatic heterocycles. The second-order valence-corrected chi connectivity index (χ2v) is 7.17. The molecule has 2 atom stereocenters. The molecule has 1 amide bonds. The van der Waals surface area contributed by atoms with E-state index in [1.165, 1.54) is 64.2 Å². The molecule has 0 radical (unpaired) electrons. The Morgan fingerprint density at radius 3 is 2.00 bits per heavy atom. The smallest absolute Gasteiger partial charge is 0.239 e. The number of rotatable bonds is 4. The molecule has 3 heteroatoms. The summed E-state index contributed by atoms with van der Waals surface area (Å²) in [7, 11) is 0. The van der Waals surface area contributed by atoms with E-state index >= 15 is 0 Å². The summed E-state index contributed by atoms with van der Waals surface area (Å²) in [6, 6.07) is 0.440. The highest BCUT2D eigenvalue weighted by atomic mass is 16.2. The normalized spacial score (nSPS) is 25.0. The van der Waals surface area contributed by atoms with E-state index in [9.17, 15) is 4.79 Å². The van der Waals surface area contributed by atoms with Crippen LogP contribution in [0.3, 0.4) is 0 Å². The van der Waals surface area contributed by atoms with Crippen LogP contribution in [0.4, 0.5) is 0 Å². The highest BCUT2D eigenvalue weighted by Gasteiger charge is 2.25. The predicted octanol–water partition coefficient (Wildman–Crippen LogP) is 3.73. The Labute approximate surface area is 130 Å². The van der Waals surface area contributed by atoms with Crippen LogP contribution in [0.5, 0.6) is 0 Å². The van der Waals surface area contributed by atoms with E-state index in [2.05, 4.69) is 24.1 Å². The third kappa shape index (κ3) is 5.28. The van der Waals surface area contributed by atoms with Crippen LogP contribution in [-0.2, 0) is 4.79 Å². The lowest BCUT2D eigenvalue weighted by molar-refractivity contribution is -0.133. The molecule has 0 aromatic carbocycles. The van der Waals surface area contributed by atoms with Gasteiger partial charge in [0.1, 0.15) is 0 Å². The molecule has 1 N–H and O–H groups in total. The van der Waals surface area contributed by atoms with Gasteiger partial charge in [0.25, 0.3) is 0 Å². The Kier molecular flexibility index (Phi) is 7.01. The maximum Gasteiger partial charge on any atom is 0.239 e. The lowest BCUT2D eigenvalue weighted by Crippen LogP contribution is -2.49. The average Bonchev–Trinajstić information content (AvgIpc) is 2.91. The second kappa shape index (κ2) is 8.77. The van der Waals surface area contributed by atoms with Crippen LogP contribution < -0.4 is 5.32 Å². The Hall–Kier alpha value is -0.570. The van der Waals surface area contributed by atoms with E-state index in [1.54, 1.807) is 0 Å². The number of likely N-dealkylation sites (tertiary alicyclic amines) is 1. The Balaban J connectivity index is 1.81. The number of hydrogen-bond acceptors (Lipinski definition) is 2. The van der Waals surface area contributed by atoms with Crippen LogP contribution in [0.15, 0.2) is 0 Å². The first-order valence-electron chi connectivity index (χ1n) is 9.23. The van der Waals surface area contributed by atoms with Crippen molar-refractivity contribution in [1.82, 2.24) is 10.2 Å². The molecule has 0 aromatic heterocycles. The lowest BCUT2D eigenvalue weighted by Gasteiger charge is -2.30. The summed E-state index contributed by atoms with van der Waals surface area (Å²) in [4.78, 5) is 14.7. The summed E-state index contributed by atoms with van der Waals surface area (Å²) >= 11 is 0. The van der Waals surface area contributed by atoms with Crippen molar-refractivity contribution >= 4 is 5.91 Å². The van der Waals surface area contributed by atoms with Gasteiger partial charge >= 0.3 is 0 Å². The van der Waals surface area contributed by atoms with Gasteiger partial charge in [-0.05, 0) is 45.4 Å². The van der Waals surface area contributed by atoms with Crippen LogP contribution in [0.2, 0.25) is 0 Å². The lowest BCUT2D eigenvalue weighted by atomic mass is 9.92. The van der Waals surface area contributed by atoms with Gasteiger partial charge in [-0.1, -0.05) is 38.5 Å². The first-order chi connectivity index (χ1) is 10.2. The molecule has 2 rings (SSSR count). The number of carbonyl (C=O) groups is 1. The standard InChI is InChI=1S/C18H34N2O/c1-15(17-11-7-3-4-8-12-17)19-16(2)18(21)20-13-9-5-6-10-14-20/h15-17,19H,3-14H2,1-2H3/t15-,16?/m1/s1. The van der Waals surface area contributed by atoms with E-state index in [-0.39, 0.29) is 6.04 Å². The van der Waals surface area contributed by atoms with Gasteiger partial charge in [-0.2, -0.15) is 0 Å². The van der Waals surface area contributed by atoms with E-state index in [0.717, 1.165) is 19.0 Å². The van der Waals surface area contributed by atoms with Crippen LogP contribution in [0.1, 0.15) is 78.1 Å². The second-order valence-electron chi connectivity index (χ2n) is 7.17. The molecule has 1 heterocycles. The zero-order valence-electron chi connectivity index (χ0n) is 14.1. The molecule has 0 spiro atoms. The van der Waals surface area contributed by atoms with Crippen molar-refractivity contribution in [3.8, 4) is 0 Å². The number of hydrogen-bond donors (Lipinski definition) is 1. The SMILES string of the molecule is CC(N[C@H](C)C1CCCCCC1)C(=O)N1CCCCCC1. The summed E-state index contributed by atoms with van der Waals surface area (Å²) in [5.74, 6) is 1.07. The van der Waals surface area contributed by atoms with Crippen molar-refractivity contribution in [2.45, 2.75) is 90.1 Å². The van der Waals surface area contributed by atoms with Gasteiger partial charge in [-0.25, -0.2) is 0 Å². The zero-order chi connectivity index (χ0) is 15.1. The maximum atomic E-state index is 12.6. The molecule has 2 fully saturated rings. The van der Waals surface area contributed by atoms with Gasteiger partial charge in [0.2, 0.25) is 5.91 Å². The first-order valence-corrected chi connectivity index (χ1v) is 9.23. The van der Waals surface area contributed by atoms with Crippen molar-refractivity contribution in [2.24, 2.45) is 5.92 Å². The van der Waals surface area contributed by atoms with Crippen LogP contribution >= 0.6 is 0 Å². The van der Waals surface area contributed by atoms with Gasteiger partial charge in [0.15, 0.2) is 0 Å². The Morgan fingerprint density at radius 1 is 0.905 bits per heavy atom. The monoisotopic (exact) mass is 294 g/mol. The molecule has 0 bridgehead atoms. The molecule has 21 heavy (non-hydrogen) atoms. The number of nitrogens with zero attached hydrogens (tertiary/aromatic N) is 1. The van der Waals surface area contributed by atoms with Crippen molar-refractivity contribution in [3.63, 3.8) is 0 Å². The molecule has 1 unspecified atom stereocenters. The minimum absolute atomic E-state index is 0.0265. The Bertz CT molecular complexity index is 302. The fourth-order valence-corrected chi connectivity index (χ4v) is 3.98. The molecule has 1 saturated carbocycles. The summed E-state index contributed by atoms with van der Waals surface area (Å²) < 4.78 is 0. The fraction of sp³-hybridized carbons (Fsp3) is 0.944. The van der Waals surface area contributed by atoms with Crippen LogP contribution in [-0.4, -0.2) is 36.0 Å². The third-order valence-corrected chi connectivity index (χ3v) is 5.41. The largest absolute Gasteiger partial charge is 0.341 e. The molecular formula is C18H34N2O. The highest BCUT2D eigenvalue weighted by Crippen LogP contribution is 2.25. The van der Waals surface area contributed by atoms with Crippen molar-refractivity contribution in [3.05, 3.63) is 0 Å². The predicted molar refractivity (Wildman–Crippen MR) is 88.3 cm³/mol. The van der Waals surface area contributed by atoms with Gasteiger partial charge in [-0.15, -0.1) is 0 Å². The van der Waals surface area contributed by atoms with Gasteiger partial charge < -0.3 is 10.2 Å². The van der Waals surface area contributed by atoms with Crippen molar-refractivity contribution < 1.29 is 4.79 Å². The van der Waals surface area contributed by atoms with E-state index < -0.39 is 0 Å². The third-order valence-electron chi connectivity index (χ3n) is 5.41. The Morgan fingerprint density at radius 2 is 1.43 bits per heavy atom. The molecule has 122 valence electrons. The molecule has 1 saturated heterocycles. The van der Waals surface area contributed by atoms with E-state index in [0.29, 0.717) is 11.9 Å². The van der Waals surface area contributed by atoms with Crippen LogP contribution in [0, 0.1) is 5.92 Å². The van der Waals surface area contributed by atoms with Crippen molar-refractivity contribution in [2.75, 3.05) is 13.1 Å². The minimum atomic E-state index is -0.0265. The molecule has 3 nitrogen and oxygen atoms in total. The van der Waals surface area contributed by atoms with Gasteiger partial charge in [-0.3, -0.25) is 4.79 Å². The van der Waals surface area contributed by atoms with Crippen molar-refractivity contribution in [1.29, 1.82) is 0 Å². The quantitative estimate of drug-likeness (QED) is 0.801. The first kappa shape index (κ1) is 16.8. The number of amides is 1. The maximum absolute atomic E-state index is 12.6. The molecular weight excluding hydrogens is 260 g/mol. The minimum Gasteiger partial charge on any atom is -0.341 e. The fourth-order valence-electron chi connectivity index (χ4n) is 3.98. The van der Waals surface area contributed by atoms with E-state index in [4.69, 9.17) is 0 Å². The molecule has 0 aromatic rings. The summed E-state index contributed by atoms with van der Waals surface area (Å²) in [5.41, 5.74) is 0.